The minimum absolute atomic E-state index is 0.406. The molecule has 0 amide bonds. The predicted octanol–water partition coefficient (Wildman–Crippen LogP) is 8.76. The number of hydrogen-bond acceptors (Lipinski definition) is 3. The van der Waals surface area contributed by atoms with E-state index in [1.807, 2.05) is 36.7 Å². The van der Waals surface area contributed by atoms with E-state index in [2.05, 4.69) is 30.7 Å². The van der Waals surface area contributed by atoms with Gasteiger partial charge in [0.15, 0.2) is 5.82 Å². The van der Waals surface area contributed by atoms with E-state index in [0.29, 0.717) is 25.4 Å². The molecule has 0 saturated heterocycles. The van der Waals surface area contributed by atoms with Gasteiger partial charge < -0.3 is 4.74 Å². The fraction of sp³-hybridized carbons (Fsp3) is 0.655. The number of aromatic nitrogens is 2. The first kappa shape index (κ1) is 27.3. The van der Waals surface area contributed by atoms with E-state index in [1.165, 1.54) is 56.9 Å². The van der Waals surface area contributed by atoms with Gasteiger partial charge >= 0.3 is 0 Å². The van der Waals surface area contributed by atoms with E-state index >= 15 is 0 Å². The van der Waals surface area contributed by atoms with Crippen LogP contribution in [0.1, 0.15) is 103 Å². The molecular formula is C29H45FN2O. The molecule has 0 aliphatic carbocycles. The van der Waals surface area contributed by atoms with Gasteiger partial charge in [-0.1, -0.05) is 78.6 Å². The van der Waals surface area contributed by atoms with Crippen molar-refractivity contribution in [3.8, 4) is 17.1 Å². The molecule has 1 heterocycles. The van der Waals surface area contributed by atoms with Crippen LogP contribution in [0.15, 0.2) is 36.7 Å². The summed E-state index contributed by atoms with van der Waals surface area (Å²) >= 11 is 0. The molecule has 2 unspecified atom stereocenters. The van der Waals surface area contributed by atoms with Gasteiger partial charge in [0.1, 0.15) is 11.9 Å². The molecule has 0 bridgehead atoms. The number of rotatable bonds is 18. The summed E-state index contributed by atoms with van der Waals surface area (Å²) < 4.78 is 19.8. The third kappa shape index (κ3) is 11.6. The molecule has 4 heteroatoms. The number of nitrogens with zero attached hydrogens (tertiary/aromatic N) is 2. The summed E-state index contributed by atoms with van der Waals surface area (Å²) in [5, 5.41) is 0. The molecule has 2 aromatic rings. The second-order valence-corrected chi connectivity index (χ2v) is 9.53. The highest BCUT2D eigenvalue weighted by Crippen LogP contribution is 2.21. The van der Waals surface area contributed by atoms with Crippen LogP contribution in [-0.4, -0.2) is 22.7 Å². The van der Waals surface area contributed by atoms with Gasteiger partial charge in [-0.2, -0.15) is 0 Å². The van der Waals surface area contributed by atoms with Crippen molar-refractivity contribution < 1.29 is 9.13 Å². The number of aryl methyl sites for hydroxylation is 1. The first-order valence-electron chi connectivity index (χ1n) is 13.3. The Bertz CT molecular complexity index is 732. The third-order valence-electron chi connectivity index (χ3n) is 6.28. The molecule has 3 nitrogen and oxygen atoms in total. The molecule has 0 spiro atoms. The second-order valence-electron chi connectivity index (χ2n) is 9.53. The van der Waals surface area contributed by atoms with E-state index in [1.54, 1.807) is 0 Å². The minimum atomic E-state index is -0.788. The van der Waals surface area contributed by atoms with Gasteiger partial charge in [-0.25, -0.2) is 14.4 Å². The fourth-order valence-corrected chi connectivity index (χ4v) is 4.27. The Morgan fingerprint density at radius 1 is 0.818 bits per heavy atom. The molecule has 184 valence electrons. The van der Waals surface area contributed by atoms with Gasteiger partial charge in [0.2, 0.25) is 0 Å². The van der Waals surface area contributed by atoms with Gasteiger partial charge in [0, 0.05) is 24.4 Å². The zero-order valence-electron chi connectivity index (χ0n) is 21.2. The molecule has 0 N–H and O–H groups in total. The Balaban J connectivity index is 1.67. The summed E-state index contributed by atoms with van der Waals surface area (Å²) in [7, 11) is 0. The van der Waals surface area contributed by atoms with Crippen LogP contribution in [0, 0.1) is 5.92 Å². The van der Waals surface area contributed by atoms with Crippen molar-refractivity contribution in [3.63, 3.8) is 0 Å². The van der Waals surface area contributed by atoms with Crippen LogP contribution in [0.25, 0.3) is 11.4 Å². The molecule has 2 rings (SSSR count). The van der Waals surface area contributed by atoms with Crippen molar-refractivity contribution in [1.29, 1.82) is 0 Å². The van der Waals surface area contributed by atoms with Gasteiger partial charge in [0.05, 0.1) is 6.61 Å². The van der Waals surface area contributed by atoms with Crippen molar-refractivity contribution in [2.24, 2.45) is 5.92 Å². The van der Waals surface area contributed by atoms with Crippen molar-refractivity contribution in [3.05, 3.63) is 42.2 Å². The van der Waals surface area contributed by atoms with Crippen LogP contribution in [-0.2, 0) is 6.42 Å². The van der Waals surface area contributed by atoms with Crippen molar-refractivity contribution in [2.45, 2.75) is 110 Å². The summed E-state index contributed by atoms with van der Waals surface area (Å²) in [5.41, 5.74) is 2.18. The van der Waals surface area contributed by atoms with Crippen LogP contribution < -0.4 is 4.74 Å². The zero-order chi connectivity index (χ0) is 23.7. The highest BCUT2D eigenvalue weighted by atomic mass is 19.1. The summed E-state index contributed by atoms with van der Waals surface area (Å²) in [6.45, 7) is 6.94. The highest BCUT2D eigenvalue weighted by Gasteiger charge is 2.12. The second kappa shape index (κ2) is 16.6. The quantitative estimate of drug-likeness (QED) is 0.210. The summed E-state index contributed by atoms with van der Waals surface area (Å²) in [6, 6.07) is 7.78. The fourth-order valence-electron chi connectivity index (χ4n) is 4.27. The van der Waals surface area contributed by atoms with Crippen LogP contribution >= 0.6 is 0 Å². The highest BCUT2D eigenvalue weighted by molar-refractivity contribution is 5.55. The topological polar surface area (TPSA) is 35.0 Å². The maximum Gasteiger partial charge on any atom is 0.159 e. The number of benzene rings is 1. The summed E-state index contributed by atoms with van der Waals surface area (Å²) in [6.07, 6.45) is 18.1. The summed E-state index contributed by atoms with van der Waals surface area (Å²) in [5.74, 6) is 1.94. The van der Waals surface area contributed by atoms with Crippen LogP contribution in [0.2, 0.25) is 0 Å². The standard InChI is InChI=1S/C29H45FN2O/c1-4-6-7-8-9-10-11-12-14-25-22-31-29(32-23-25)26-15-17-28(18-16-26)33-20-19-27(30)21-24(3)13-5-2/h15-18,22-24,27H,4-14,19-21H2,1-3H3. The summed E-state index contributed by atoms with van der Waals surface area (Å²) in [4.78, 5) is 9.11. The van der Waals surface area contributed by atoms with Crippen LogP contribution in [0.4, 0.5) is 4.39 Å². The molecule has 2 atom stereocenters. The smallest absolute Gasteiger partial charge is 0.159 e. The molecule has 0 saturated carbocycles. The van der Waals surface area contributed by atoms with Crippen molar-refractivity contribution >= 4 is 0 Å². The average molecular weight is 457 g/mol. The number of unbranched alkanes of at least 4 members (excludes halogenated alkanes) is 7. The maximum absolute atomic E-state index is 14.1. The van der Waals surface area contributed by atoms with Crippen LogP contribution in [0.5, 0.6) is 5.75 Å². The van der Waals surface area contributed by atoms with Gasteiger partial charge in [-0.3, -0.25) is 0 Å². The molecule has 0 radical (unpaired) electrons. The predicted molar refractivity (Wildman–Crippen MR) is 137 cm³/mol. The lowest BCUT2D eigenvalue weighted by atomic mass is 9.98. The third-order valence-corrected chi connectivity index (χ3v) is 6.28. The van der Waals surface area contributed by atoms with E-state index in [9.17, 15) is 4.39 Å². The Kier molecular flexibility index (Phi) is 13.7. The van der Waals surface area contributed by atoms with E-state index in [0.717, 1.165) is 36.4 Å². The van der Waals surface area contributed by atoms with E-state index in [-0.39, 0.29) is 0 Å². The Hall–Kier alpha value is -1.97. The normalized spacial score (nSPS) is 13.1. The van der Waals surface area contributed by atoms with Gasteiger partial charge in [-0.05, 0) is 55.0 Å². The molecule has 33 heavy (non-hydrogen) atoms. The first-order chi connectivity index (χ1) is 16.1. The molecule has 1 aromatic heterocycles. The Morgan fingerprint density at radius 3 is 2.09 bits per heavy atom. The minimum Gasteiger partial charge on any atom is -0.493 e. The lowest BCUT2D eigenvalue weighted by Crippen LogP contribution is -2.11. The molecular weight excluding hydrogens is 411 g/mol. The average Bonchev–Trinajstić information content (AvgIpc) is 2.82. The lowest BCUT2D eigenvalue weighted by Gasteiger charge is -2.14. The number of halogens is 1. The molecule has 0 fully saturated rings. The van der Waals surface area contributed by atoms with E-state index < -0.39 is 6.17 Å². The Labute approximate surface area is 201 Å². The number of alkyl halides is 1. The van der Waals surface area contributed by atoms with Gasteiger partial charge in [-0.15, -0.1) is 0 Å². The van der Waals surface area contributed by atoms with Gasteiger partial charge in [0.25, 0.3) is 0 Å². The number of ether oxygens (including phenoxy) is 1. The molecule has 1 aromatic carbocycles. The molecule has 0 aliphatic rings. The van der Waals surface area contributed by atoms with Crippen molar-refractivity contribution in [1.82, 2.24) is 9.97 Å². The maximum atomic E-state index is 14.1. The van der Waals surface area contributed by atoms with E-state index in [4.69, 9.17) is 4.74 Å². The SMILES string of the molecule is CCCCCCCCCCc1cnc(-c2ccc(OCCC(F)CC(C)CCC)cc2)nc1. The first-order valence-corrected chi connectivity index (χ1v) is 13.3. The van der Waals surface area contributed by atoms with Crippen LogP contribution in [0.3, 0.4) is 0 Å². The number of hydrogen-bond donors (Lipinski definition) is 0. The molecule has 0 aliphatic heterocycles. The lowest BCUT2D eigenvalue weighted by molar-refractivity contribution is 0.206. The van der Waals surface area contributed by atoms with Crippen molar-refractivity contribution in [2.75, 3.05) is 6.61 Å². The zero-order valence-corrected chi connectivity index (χ0v) is 21.2. The largest absolute Gasteiger partial charge is 0.493 e. The monoisotopic (exact) mass is 456 g/mol. The Morgan fingerprint density at radius 2 is 1.45 bits per heavy atom.